The number of aryl methyl sites for hydroxylation is 1. The molecule has 6 rings (SSSR count). The van der Waals surface area contributed by atoms with Gasteiger partial charge in [-0.2, -0.15) is 9.40 Å². The fourth-order valence-corrected chi connectivity index (χ4v) is 7.23. The molecule has 0 unspecified atom stereocenters. The summed E-state index contributed by atoms with van der Waals surface area (Å²) in [7, 11) is -0.395. The number of sulfonamides is 1. The number of aromatic nitrogens is 3. The molecular formula is C31H33F2N7O4S. The number of carbonyl (C=O) groups is 2. The van der Waals surface area contributed by atoms with Gasteiger partial charge < -0.3 is 19.7 Å². The second-order valence-corrected chi connectivity index (χ2v) is 13.3. The van der Waals surface area contributed by atoms with Crippen LogP contribution in [0.2, 0.25) is 0 Å². The number of fused-ring (bicyclic) bond motifs is 1. The molecule has 2 aliphatic rings. The van der Waals surface area contributed by atoms with Crippen molar-refractivity contribution in [2.45, 2.75) is 24.3 Å². The van der Waals surface area contributed by atoms with E-state index in [9.17, 15) is 26.8 Å². The Morgan fingerprint density at radius 3 is 2.40 bits per heavy atom. The van der Waals surface area contributed by atoms with Crippen molar-refractivity contribution in [1.29, 1.82) is 0 Å². The van der Waals surface area contributed by atoms with Crippen LogP contribution in [0.3, 0.4) is 0 Å². The first kappa shape index (κ1) is 30.6. The molecule has 2 N–H and O–H groups in total. The Labute approximate surface area is 259 Å². The number of benzene rings is 2. The molecule has 0 radical (unpaired) electrons. The fraction of sp³-hybridized carbons (Fsp3) is 0.323. The van der Waals surface area contributed by atoms with Gasteiger partial charge in [-0.05, 0) is 49.5 Å². The van der Waals surface area contributed by atoms with E-state index >= 15 is 0 Å². The third kappa shape index (κ3) is 6.26. The van der Waals surface area contributed by atoms with Gasteiger partial charge in [-0.1, -0.05) is 0 Å². The number of Topliss-reactive ketones (excluding diaryl/α,β-unsaturated/α-hetero) is 1. The van der Waals surface area contributed by atoms with Gasteiger partial charge in [0.05, 0.1) is 22.7 Å². The van der Waals surface area contributed by atoms with E-state index in [0.29, 0.717) is 40.0 Å². The molecule has 1 fully saturated rings. The molecule has 236 valence electrons. The fourth-order valence-electron chi connectivity index (χ4n) is 5.78. The van der Waals surface area contributed by atoms with Gasteiger partial charge in [0.2, 0.25) is 10.0 Å². The maximum absolute atomic E-state index is 13.8. The summed E-state index contributed by atoms with van der Waals surface area (Å²) in [6.07, 6.45) is 1.89. The lowest BCUT2D eigenvalue weighted by atomic mass is 9.99. The molecule has 45 heavy (non-hydrogen) atoms. The molecule has 1 amide bonds. The second-order valence-electron chi connectivity index (χ2n) is 11.4. The molecule has 2 aromatic carbocycles. The number of hydrogen-bond acceptors (Lipinski definition) is 7. The largest absolute Gasteiger partial charge is 0.369 e. The normalized spacial score (nSPS) is 16.0. The molecule has 4 heterocycles. The smallest absolute Gasteiger partial charge is 0.272 e. The van der Waals surface area contributed by atoms with Gasteiger partial charge in [-0.15, -0.1) is 0 Å². The van der Waals surface area contributed by atoms with E-state index in [2.05, 4.69) is 32.4 Å². The average molecular weight is 638 g/mol. The molecule has 2 aromatic heterocycles. The van der Waals surface area contributed by atoms with Crippen LogP contribution in [0.25, 0.3) is 0 Å². The molecule has 0 aliphatic carbocycles. The van der Waals surface area contributed by atoms with Gasteiger partial charge in [0.1, 0.15) is 17.3 Å². The molecule has 0 atom stereocenters. The molecule has 0 saturated carbocycles. The number of nitrogens with zero attached hydrogens (tertiary/aromatic N) is 5. The van der Waals surface area contributed by atoms with Gasteiger partial charge in [0.15, 0.2) is 5.78 Å². The lowest BCUT2D eigenvalue weighted by Gasteiger charge is -2.34. The zero-order valence-corrected chi connectivity index (χ0v) is 25.7. The summed E-state index contributed by atoms with van der Waals surface area (Å²) < 4.78 is 57.0. The van der Waals surface area contributed by atoms with E-state index in [4.69, 9.17) is 0 Å². The van der Waals surface area contributed by atoms with E-state index in [0.717, 1.165) is 48.3 Å². The number of H-pyrrole nitrogens is 1. The molecule has 14 heteroatoms. The minimum atomic E-state index is -4.22. The van der Waals surface area contributed by atoms with Crippen LogP contribution in [0, 0.1) is 11.6 Å². The third-order valence-corrected chi connectivity index (χ3v) is 10.2. The first-order valence-corrected chi connectivity index (χ1v) is 16.0. The predicted molar refractivity (Wildman–Crippen MR) is 164 cm³/mol. The van der Waals surface area contributed by atoms with Crippen LogP contribution in [0.4, 0.5) is 20.2 Å². The monoisotopic (exact) mass is 637 g/mol. The van der Waals surface area contributed by atoms with Crippen molar-refractivity contribution in [2.75, 3.05) is 50.0 Å². The number of amides is 1. The number of ketones is 1. The van der Waals surface area contributed by atoms with Crippen LogP contribution >= 0.6 is 0 Å². The number of hydrogen-bond donors (Lipinski definition) is 2. The van der Waals surface area contributed by atoms with Crippen LogP contribution in [-0.4, -0.2) is 83.8 Å². The van der Waals surface area contributed by atoms with Crippen molar-refractivity contribution in [2.24, 2.45) is 7.05 Å². The highest BCUT2D eigenvalue weighted by molar-refractivity contribution is 7.89. The van der Waals surface area contributed by atoms with Crippen molar-refractivity contribution in [3.05, 3.63) is 94.6 Å². The van der Waals surface area contributed by atoms with Gasteiger partial charge >= 0.3 is 0 Å². The number of carbonyl (C=O) groups excluding carboxylic acids is 2. The van der Waals surface area contributed by atoms with E-state index in [1.165, 1.54) is 0 Å². The third-order valence-electron chi connectivity index (χ3n) is 8.38. The van der Waals surface area contributed by atoms with E-state index in [1.807, 2.05) is 12.1 Å². The Kier molecular flexibility index (Phi) is 8.29. The highest BCUT2D eigenvalue weighted by Gasteiger charge is 2.32. The van der Waals surface area contributed by atoms with Crippen molar-refractivity contribution >= 4 is 33.1 Å². The number of anilines is 2. The van der Waals surface area contributed by atoms with Crippen LogP contribution in [0.15, 0.2) is 59.6 Å². The first-order chi connectivity index (χ1) is 21.5. The number of nitrogens with one attached hydrogen (secondary N) is 2. The minimum Gasteiger partial charge on any atom is -0.369 e. The summed E-state index contributed by atoms with van der Waals surface area (Å²) >= 11 is 0. The van der Waals surface area contributed by atoms with Gasteiger partial charge in [-0.3, -0.25) is 14.7 Å². The summed E-state index contributed by atoms with van der Waals surface area (Å²) in [4.78, 5) is 31.0. The number of likely N-dealkylation sites (N-methyl/N-ethyl adjacent to an activating group) is 1. The Balaban J connectivity index is 1.27. The van der Waals surface area contributed by atoms with E-state index in [1.54, 1.807) is 36.0 Å². The van der Waals surface area contributed by atoms with Gasteiger partial charge in [0.25, 0.3) is 5.91 Å². The Bertz CT molecular complexity index is 1860. The van der Waals surface area contributed by atoms with E-state index < -0.39 is 26.6 Å². The molecule has 2 aliphatic heterocycles. The summed E-state index contributed by atoms with van der Waals surface area (Å²) in [6, 6.07) is 11.0. The van der Waals surface area contributed by atoms with Crippen molar-refractivity contribution in [3.63, 3.8) is 0 Å². The maximum atomic E-state index is 13.8. The highest BCUT2D eigenvalue weighted by Crippen LogP contribution is 2.30. The maximum Gasteiger partial charge on any atom is 0.272 e. The molecule has 0 bridgehead atoms. The molecular weight excluding hydrogens is 604 g/mol. The van der Waals surface area contributed by atoms with Crippen molar-refractivity contribution in [1.82, 2.24) is 24.0 Å². The molecule has 4 aromatic rings. The summed E-state index contributed by atoms with van der Waals surface area (Å²) in [5.74, 6) is -2.66. The molecule has 1 saturated heterocycles. The lowest BCUT2D eigenvalue weighted by molar-refractivity contribution is 0.0992. The Morgan fingerprint density at radius 1 is 0.978 bits per heavy atom. The van der Waals surface area contributed by atoms with E-state index in [-0.39, 0.29) is 37.6 Å². The Hall–Kier alpha value is -4.40. The minimum absolute atomic E-state index is 0.0755. The quantitative estimate of drug-likeness (QED) is 0.285. The van der Waals surface area contributed by atoms with Gasteiger partial charge in [0, 0.05) is 87.5 Å². The number of piperazine rings is 1. The first-order valence-electron chi connectivity index (χ1n) is 14.5. The van der Waals surface area contributed by atoms with Crippen LogP contribution in [0.5, 0.6) is 0 Å². The van der Waals surface area contributed by atoms with Gasteiger partial charge in [-0.25, -0.2) is 17.2 Å². The zero-order valence-electron chi connectivity index (χ0n) is 24.9. The van der Waals surface area contributed by atoms with Crippen molar-refractivity contribution < 1.29 is 26.8 Å². The summed E-state index contributed by atoms with van der Waals surface area (Å²) in [5, 5.41) is 10.2. The van der Waals surface area contributed by atoms with Crippen LogP contribution < -0.4 is 10.2 Å². The second kappa shape index (κ2) is 12.2. The number of halogens is 2. The number of rotatable bonds is 8. The average Bonchev–Trinajstić information content (AvgIpc) is 3.62. The topological polar surface area (TPSA) is 124 Å². The standard InChI is InChI=1S/C31H33F2N7O4S/c1-37-10-12-39(13-11-37)22-5-6-24(27(17-22)34-31(42)29-4-3-8-38(29)2)30(41)18-28-25-19-40(9-7-26(25)35-36-28)45(43,44)23-15-20(32)14-21(33)16-23/h3-6,8,14-17H,7,9-13,18-19H2,1-2H3,(H,34,42)(H,35,36). The predicted octanol–water partition coefficient (Wildman–Crippen LogP) is 3.20. The molecule has 0 spiro atoms. The highest BCUT2D eigenvalue weighted by atomic mass is 32.2. The SMILES string of the molecule is CN1CCN(c2ccc(C(=O)Cc3n[nH]c4c3CN(S(=O)(=O)c3cc(F)cc(F)c3)CC4)c(NC(=O)c3cccn3C)c2)CC1. The number of aromatic amines is 1. The van der Waals surface area contributed by atoms with Crippen LogP contribution in [-0.2, 0) is 36.5 Å². The lowest BCUT2D eigenvalue weighted by Crippen LogP contribution is -2.44. The van der Waals surface area contributed by atoms with Crippen LogP contribution in [0.1, 0.15) is 37.8 Å². The summed E-state index contributed by atoms with van der Waals surface area (Å²) in [6.45, 7) is 3.33. The molecule has 11 nitrogen and oxygen atoms in total. The Morgan fingerprint density at radius 2 is 1.71 bits per heavy atom. The summed E-state index contributed by atoms with van der Waals surface area (Å²) in [5.41, 5.74) is 3.57. The van der Waals surface area contributed by atoms with Crippen molar-refractivity contribution in [3.8, 4) is 0 Å². The zero-order chi connectivity index (χ0) is 31.9.